The SMILES string of the molecule is COc1ccccc1N=C1NC(=O)C(CC(=O)Nc2ccccc2C)S1. The molecule has 1 saturated heterocycles. The molecule has 3 rings (SSSR count). The van der Waals surface area contributed by atoms with E-state index in [1.165, 1.54) is 11.8 Å². The van der Waals surface area contributed by atoms with Gasteiger partial charge in [0.1, 0.15) is 16.7 Å². The van der Waals surface area contributed by atoms with Gasteiger partial charge >= 0.3 is 0 Å². The molecular formula is C19H19N3O3S. The molecule has 1 aliphatic heterocycles. The summed E-state index contributed by atoms with van der Waals surface area (Å²) in [5.41, 5.74) is 2.36. The van der Waals surface area contributed by atoms with Crippen molar-refractivity contribution in [1.29, 1.82) is 0 Å². The highest BCUT2D eigenvalue weighted by atomic mass is 32.2. The minimum absolute atomic E-state index is 0.0791. The lowest BCUT2D eigenvalue weighted by Gasteiger charge is -2.09. The minimum atomic E-state index is -0.507. The predicted molar refractivity (Wildman–Crippen MR) is 104 cm³/mol. The van der Waals surface area contributed by atoms with Gasteiger partial charge in [-0.15, -0.1) is 0 Å². The van der Waals surface area contributed by atoms with Crippen LogP contribution in [0.4, 0.5) is 11.4 Å². The van der Waals surface area contributed by atoms with E-state index in [4.69, 9.17) is 4.74 Å². The van der Waals surface area contributed by atoms with Crippen LogP contribution in [0.1, 0.15) is 12.0 Å². The van der Waals surface area contributed by atoms with E-state index in [0.29, 0.717) is 16.6 Å². The van der Waals surface area contributed by atoms with Crippen molar-refractivity contribution in [2.45, 2.75) is 18.6 Å². The summed E-state index contributed by atoms with van der Waals surface area (Å²) in [7, 11) is 1.57. The van der Waals surface area contributed by atoms with Gasteiger partial charge in [-0.25, -0.2) is 4.99 Å². The van der Waals surface area contributed by atoms with E-state index in [1.807, 2.05) is 43.3 Å². The van der Waals surface area contributed by atoms with Crippen molar-refractivity contribution in [2.24, 2.45) is 4.99 Å². The number of para-hydroxylation sites is 3. The second-order valence-electron chi connectivity index (χ2n) is 5.75. The molecule has 2 amide bonds. The van der Waals surface area contributed by atoms with Crippen LogP contribution >= 0.6 is 11.8 Å². The second-order valence-corrected chi connectivity index (χ2v) is 6.94. The van der Waals surface area contributed by atoms with Crippen LogP contribution in [0.5, 0.6) is 5.75 Å². The Balaban J connectivity index is 1.65. The summed E-state index contributed by atoms with van der Waals surface area (Å²) in [4.78, 5) is 28.9. The number of ether oxygens (including phenoxy) is 1. The van der Waals surface area contributed by atoms with Crippen LogP contribution < -0.4 is 15.4 Å². The topological polar surface area (TPSA) is 79.8 Å². The standard InChI is InChI=1S/C19H19N3O3S/c1-12-7-3-4-8-13(12)20-17(23)11-16-18(24)22-19(26-16)21-14-9-5-6-10-15(14)25-2/h3-10,16H,11H2,1-2H3,(H,20,23)(H,21,22,24). The lowest BCUT2D eigenvalue weighted by atomic mass is 10.2. The van der Waals surface area contributed by atoms with Crippen molar-refractivity contribution in [3.05, 3.63) is 54.1 Å². The lowest BCUT2D eigenvalue weighted by molar-refractivity contribution is -0.122. The van der Waals surface area contributed by atoms with Gasteiger partial charge in [0.15, 0.2) is 5.17 Å². The van der Waals surface area contributed by atoms with Gasteiger partial charge in [0.05, 0.1) is 7.11 Å². The van der Waals surface area contributed by atoms with Crippen LogP contribution in [0.25, 0.3) is 0 Å². The maximum atomic E-state index is 12.3. The predicted octanol–water partition coefficient (Wildman–Crippen LogP) is 3.25. The van der Waals surface area contributed by atoms with Crippen LogP contribution in [0, 0.1) is 6.92 Å². The lowest BCUT2D eigenvalue weighted by Crippen LogP contribution is -2.28. The molecule has 1 atom stereocenters. The van der Waals surface area contributed by atoms with E-state index < -0.39 is 5.25 Å². The number of anilines is 1. The average molecular weight is 369 g/mol. The molecule has 134 valence electrons. The largest absolute Gasteiger partial charge is 0.494 e. The summed E-state index contributed by atoms with van der Waals surface area (Å²) in [5.74, 6) is 0.199. The molecule has 0 bridgehead atoms. The fourth-order valence-corrected chi connectivity index (χ4v) is 3.49. The molecule has 0 spiro atoms. The van der Waals surface area contributed by atoms with Gasteiger partial charge < -0.3 is 15.4 Å². The summed E-state index contributed by atoms with van der Waals surface area (Å²) in [6.07, 6.45) is 0.0791. The van der Waals surface area contributed by atoms with Gasteiger partial charge in [-0.1, -0.05) is 42.1 Å². The first kappa shape index (κ1) is 18.0. The number of nitrogens with zero attached hydrogens (tertiary/aromatic N) is 1. The van der Waals surface area contributed by atoms with E-state index in [0.717, 1.165) is 11.3 Å². The number of nitrogens with one attached hydrogen (secondary N) is 2. The highest BCUT2D eigenvalue weighted by Crippen LogP contribution is 2.30. The Morgan fingerprint density at radius 3 is 2.73 bits per heavy atom. The Hall–Kier alpha value is -2.80. The summed E-state index contributed by atoms with van der Waals surface area (Å²) in [6.45, 7) is 1.92. The Kier molecular flexibility index (Phi) is 5.58. The number of carbonyl (C=O) groups excluding carboxylic acids is 2. The first-order chi connectivity index (χ1) is 12.6. The Bertz CT molecular complexity index is 867. The van der Waals surface area contributed by atoms with Gasteiger partial charge in [-0.05, 0) is 30.7 Å². The number of hydrogen-bond donors (Lipinski definition) is 2. The molecule has 7 heteroatoms. The summed E-state index contributed by atoms with van der Waals surface area (Å²) in [6, 6.07) is 14.8. The molecule has 2 aromatic rings. The average Bonchev–Trinajstić information content (AvgIpc) is 2.96. The molecule has 1 fully saturated rings. The highest BCUT2D eigenvalue weighted by molar-refractivity contribution is 8.15. The number of methoxy groups -OCH3 is 1. The van der Waals surface area contributed by atoms with Crippen molar-refractivity contribution >= 4 is 40.1 Å². The molecular weight excluding hydrogens is 350 g/mol. The monoisotopic (exact) mass is 369 g/mol. The molecule has 2 N–H and O–H groups in total. The summed E-state index contributed by atoms with van der Waals surface area (Å²) < 4.78 is 5.26. The maximum Gasteiger partial charge on any atom is 0.240 e. The normalized spacial score (nSPS) is 17.8. The van der Waals surface area contributed by atoms with Crippen LogP contribution in [-0.2, 0) is 9.59 Å². The first-order valence-corrected chi connectivity index (χ1v) is 8.99. The van der Waals surface area contributed by atoms with Crippen molar-refractivity contribution in [3.8, 4) is 5.75 Å². The van der Waals surface area contributed by atoms with Crippen molar-refractivity contribution in [3.63, 3.8) is 0 Å². The molecule has 26 heavy (non-hydrogen) atoms. The number of hydrogen-bond acceptors (Lipinski definition) is 5. The third-order valence-corrected chi connectivity index (χ3v) is 4.96. The van der Waals surface area contributed by atoms with Crippen molar-refractivity contribution in [2.75, 3.05) is 12.4 Å². The fourth-order valence-electron chi connectivity index (χ4n) is 2.51. The Morgan fingerprint density at radius 2 is 1.96 bits per heavy atom. The van der Waals surface area contributed by atoms with Crippen LogP contribution in [-0.4, -0.2) is 29.3 Å². The third kappa shape index (κ3) is 4.23. The molecule has 0 radical (unpaired) electrons. The number of aryl methyl sites for hydroxylation is 1. The van der Waals surface area contributed by atoms with Crippen LogP contribution in [0.15, 0.2) is 53.5 Å². The quantitative estimate of drug-likeness (QED) is 0.848. The molecule has 1 unspecified atom stereocenters. The maximum absolute atomic E-state index is 12.3. The molecule has 0 aliphatic carbocycles. The summed E-state index contributed by atoms with van der Waals surface area (Å²) >= 11 is 1.25. The molecule has 6 nitrogen and oxygen atoms in total. The smallest absolute Gasteiger partial charge is 0.240 e. The Morgan fingerprint density at radius 1 is 1.23 bits per heavy atom. The van der Waals surface area contributed by atoms with Crippen LogP contribution in [0.2, 0.25) is 0 Å². The fraction of sp³-hybridized carbons (Fsp3) is 0.211. The third-order valence-electron chi connectivity index (χ3n) is 3.87. The zero-order valence-electron chi connectivity index (χ0n) is 14.5. The number of thioether (sulfide) groups is 1. The zero-order chi connectivity index (χ0) is 18.5. The van der Waals surface area contributed by atoms with Gasteiger partial charge in [0.2, 0.25) is 11.8 Å². The van der Waals surface area contributed by atoms with E-state index in [9.17, 15) is 9.59 Å². The highest BCUT2D eigenvalue weighted by Gasteiger charge is 2.32. The molecule has 1 heterocycles. The van der Waals surface area contributed by atoms with Crippen molar-refractivity contribution in [1.82, 2.24) is 5.32 Å². The summed E-state index contributed by atoms with van der Waals surface area (Å²) in [5, 5.41) is 5.53. The number of rotatable bonds is 5. The number of carbonyl (C=O) groups is 2. The number of aliphatic imine (C=N–C) groups is 1. The minimum Gasteiger partial charge on any atom is -0.494 e. The van der Waals surface area contributed by atoms with Crippen LogP contribution in [0.3, 0.4) is 0 Å². The van der Waals surface area contributed by atoms with Crippen molar-refractivity contribution < 1.29 is 14.3 Å². The zero-order valence-corrected chi connectivity index (χ0v) is 15.3. The molecule has 0 aromatic heterocycles. The van der Waals surface area contributed by atoms with Gasteiger partial charge in [0, 0.05) is 12.1 Å². The van der Waals surface area contributed by atoms with Gasteiger partial charge in [-0.2, -0.15) is 0 Å². The van der Waals surface area contributed by atoms with E-state index in [-0.39, 0.29) is 18.2 Å². The van der Waals surface area contributed by atoms with E-state index in [1.54, 1.807) is 19.2 Å². The van der Waals surface area contributed by atoms with Gasteiger partial charge in [-0.3, -0.25) is 9.59 Å². The van der Waals surface area contributed by atoms with E-state index >= 15 is 0 Å². The number of amides is 2. The first-order valence-electron chi connectivity index (χ1n) is 8.11. The number of benzene rings is 2. The molecule has 0 saturated carbocycles. The Labute approximate surface area is 156 Å². The van der Waals surface area contributed by atoms with Gasteiger partial charge in [0.25, 0.3) is 0 Å². The van der Waals surface area contributed by atoms with E-state index in [2.05, 4.69) is 15.6 Å². The molecule has 1 aliphatic rings. The number of amidine groups is 1. The second kappa shape index (κ2) is 8.05. The molecule has 2 aromatic carbocycles.